The van der Waals surface area contributed by atoms with Crippen molar-refractivity contribution in [3.8, 4) is 0 Å². The average molecular weight is 705 g/mol. The molecule has 1 saturated heterocycles. The molecule has 2 bridgehead atoms. The minimum absolute atomic E-state index is 0.0817. The smallest absolute Gasteiger partial charge is 0.335 e. The van der Waals surface area contributed by atoms with Crippen molar-refractivity contribution in [3.63, 3.8) is 0 Å². The van der Waals surface area contributed by atoms with Gasteiger partial charge < -0.3 is 43.1 Å². The van der Waals surface area contributed by atoms with Gasteiger partial charge in [0.1, 0.15) is 35.6 Å². The summed E-state index contributed by atoms with van der Waals surface area (Å²) in [6, 6.07) is 1.58. The largest absolute Gasteiger partial charge is 0.472 e. The van der Waals surface area contributed by atoms with E-state index >= 15 is 0 Å². The van der Waals surface area contributed by atoms with E-state index in [9.17, 15) is 39.0 Å². The molecule has 2 N–H and O–H groups in total. The third kappa shape index (κ3) is 4.47. The van der Waals surface area contributed by atoms with Crippen molar-refractivity contribution in [1.29, 1.82) is 0 Å². The number of ether oxygens (including phenoxy) is 6. The molecule has 0 radical (unpaired) electrons. The summed E-state index contributed by atoms with van der Waals surface area (Å²) < 4.78 is 40.7. The lowest BCUT2D eigenvalue weighted by Gasteiger charge is -2.73. The van der Waals surface area contributed by atoms with E-state index in [0.29, 0.717) is 5.56 Å². The van der Waals surface area contributed by atoms with E-state index in [4.69, 9.17) is 32.8 Å². The third-order valence-corrected chi connectivity index (χ3v) is 13.0. The number of hydrogen-bond donors (Lipinski definition) is 2. The van der Waals surface area contributed by atoms with Crippen LogP contribution < -0.4 is 0 Å². The number of aliphatic hydroxyl groups excluding tert-OH is 1. The molecule has 4 saturated carbocycles. The molecule has 0 aromatic carbocycles. The van der Waals surface area contributed by atoms with E-state index in [1.807, 2.05) is 0 Å². The van der Waals surface area contributed by atoms with Crippen molar-refractivity contribution in [2.45, 2.75) is 109 Å². The highest BCUT2D eigenvalue weighted by atomic mass is 16.6. The molecule has 2 heterocycles. The first-order valence-electron chi connectivity index (χ1n) is 16.7. The fourth-order valence-corrected chi connectivity index (χ4v) is 11.8. The molecule has 0 amide bonds. The predicted molar refractivity (Wildman–Crippen MR) is 164 cm³/mol. The standard InChI is InChI=1S/C35H44O15/c1-15(36)46-22-11-21-33(7)26(25(41)30(42)44-8)31(5)14-34(33,50-18(4)39)24(28(31)47-16(2)37)29(48-17(3)38)35(21,43)20-12-23(40)49-27(32(20,22)6)19-9-10-45-13-19/h9-10,13,20-22,24-29,41,43H,11-12,14H2,1-8H3/t20-,21-,22-,24-,25-,26+,27-,28+,29+,31-,32-,33-,34+,35-/m1/s1. The second-order valence-corrected chi connectivity index (χ2v) is 15.3. The molecule has 15 nitrogen and oxygen atoms in total. The average Bonchev–Trinajstić information content (AvgIpc) is 3.67. The molecule has 15 heteroatoms. The number of methoxy groups -OCH3 is 1. The van der Waals surface area contributed by atoms with Crippen LogP contribution in [-0.2, 0) is 57.2 Å². The van der Waals surface area contributed by atoms with E-state index in [2.05, 4.69) is 0 Å². The van der Waals surface area contributed by atoms with Gasteiger partial charge in [-0.25, -0.2) is 4.79 Å². The van der Waals surface area contributed by atoms with Crippen LogP contribution in [0.1, 0.15) is 79.4 Å². The lowest BCUT2D eigenvalue weighted by atomic mass is 9.35. The molecule has 1 aromatic rings. The van der Waals surface area contributed by atoms with Crippen LogP contribution in [0, 0.1) is 39.9 Å². The van der Waals surface area contributed by atoms with Gasteiger partial charge in [-0.2, -0.15) is 0 Å². The summed E-state index contributed by atoms with van der Waals surface area (Å²) in [4.78, 5) is 78.7. The van der Waals surface area contributed by atoms with Crippen LogP contribution in [0.5, 0.6) is 0 Å². The number of hydrogen-bond acceptors (Lipinski definition) is 15. The van der Waals surface area contributed by atoms with Gasteiger partial charge in [0.2, 0.25) is 0 Å². The molecule has 0 spiro atoms. The molecule has 1 aliphatic heterocycles. The van der Waals surface area contributed by atoms with Gasteiger partial charge in [0, 0.05) is 61.8 Å². The van der Waals surface area contributed by atoms with Gasteiger partial charge in [-0.05, 0) is 18.9 Å². The van der Waals surface area contributed by atoms with E-state index in [1.165, 1.54) is 26.4 Å². The van der Waals surface area contributed by atoms with Crippen LogP contribution in [0.4, 0.5) is 0 Å². The highest BCUT2D eigenvalue weighted by Crippen LogP contribution is 2.82. The normalized spacial score (nSPS) is 44.5. The number of carbonyl (C=O) groups excluding carboxylic acids is 6. The Kier molecular flexibility index (Phi) is 8.26. The minimum atomic E-state index is -2.24. The Labute approximate surface area is 288 Å². The Hall–Kier alpha value is -3.98. The second kappa shape index (κ2) is 11.5. The summed E-state index contributed by atoms with van der Waals surface area (Å²) in [5, 5.41) is 25.6. The van der Waals surface area contributed by atoms with Crippen LogP contribution in [0.15, 0.2) is 23.0 Å². The van der Waals surface area contributed by atoms with Gasteiger partial charge in [0.05, 0.1) is 37.4 Å². The fraction of sp³-hybridized carbons (Fsp3) is 0.714. The molecule has 1 aromatic heterocycles. The SMILES string of the molecule is COC(=O)[C@H](O)[C@H]1[C@@]2(C)C[C@]3(OC(C)=O)[C@H]([C@@H]2OC(C)=O)[C@H](OC(C)=O)[C@@]2(O)[C@@H]4CC(=O)O[C@H](c5ccoc5)[C@@]4(C)[C@H](OC(C)=O)C[C@@H]2[C@]13C. The molecule has 0 unspecified atom stereocenters. The lowest BCUT2D eigenvalue weighted by molar-refractivity contribution is -0.369. The second-order valence-electron chi connectivity index (χ2n) is 15.3. The molecule has 5 aliphatic rings. The Morgan fingerprint density at radius 1 is 0.920 bits per heavy atom. The van der Waals surface area contributed by atoms with Crippen LogP contribution in [0.2, 0.25) is 0 Å². The van der Waals surface area contributed by atoms with Crippen LogP contribution in [0.3, 0.4) is 0 Å². The molecule has 6 rings (SSSR count). The van der Waals surface area contributed by atoms with E-state index in [-0.39, 0.29) is 12.8 Å². The maximum atomic E-state index is 13.7. The van der Waals surface area contributed by atoms with Crippen LogP contribution in [-0.4, -0.2) is 88.8 Å². The van der Waals surface area contributed by atoms with Crippen molar-refractivity contribution < 1.29 is 71.8 Å². The lowest BCUT2D eigenvalue weighted by Crippen LogP contribution is -2.83. The summed E-state index contributed by atoms with van der Waals surface area (Å²) in [6.07, 6.45) is -4.92. The Bertz CT molecular complexity index is 1620. The zero-order valence-corrected chi connectivity index (χ0v) is 29.3. The predicted octanol–water partition coefficient (Wildman–Crippen LogP) is 1.95. The van der Waals surface area contributed by atoms with Crippen molar-refractivity contribution in [2.24, 2.45) is 39.9 Å². The van der Waals surface area contributed by atoms with Crippen LogP contribution in [0.25, 0.3) is 0 Å². The Morgan fingerprint density at radius 2 is 1.54 bits per heavy atom. The van der Waals surface area contributed by atoms with E-state index in [0.717, 1.165) is 21.0 Å². The topological polar surface area (TPSA) is 211 Å². The Morgan fingerprint density at radius 3 is 2.08 bits per heavy atom. The maximum Gasteiger partial charge on any atom is 0.335 e. The highest BCUT2D eigenvalue weighted by molar-refractivity contribution is 5.76. The van der Waals surface area contributed by atoms with Crippen molar-refractivity contribution >= 4 is 35.8 Å². The first kappa shape index (κ1) is 35.8. The number of aliphatic hydroxyl groups is 2. The van der Waals surface area contributed by atoms with Gasteiger partial charge in [-0.1, -0.05) is 20.8 Å². The zero-order chi connectivity index (χ0) is 36.9. The van der Waals surface area contributed by atoms with Crippen molar-refractivity contribution in [1.82, 2.24) is 0 Å². The molecule has 4 aliphatic carbocycles. The van der Waals surface area contributed by atoms with E-state index < -0.39 is 124 Å². The first-order chi connectivity index (χ1) is 23.2. The van der Waals surface area contributed by atoms with Gasteiger partial charge in [-0.15, -0.1) is 0 Å². The molecule has 14 atom stereocenters. The van der Waals surface area contributed by atoms with Gasteiger partial charge in [-0.3, -0.25) is 24.0 Å². The van der Waals surface area contributed by atoms with Gasteiger partial charge in [0.25, 0.3) is 0 Å². The number of cyclic esters (lactones) is 1. The number of esters is 6. The maximum absolute atomic E-state index is 13.7. The Balaban J connectivity index is 1.71. The summed E-state index contributed by atoms with van der Waals surface area (Å²) in [5.74, 6) is -9.62. The number of fused-ring (bicyclic) bond motifs is 5. The fourth-order valence-electron chi connectivity index (χ4n) is 11.8. The number of carbonyl (C=O) groups is 6. The molecular formula is C35H44O15. The molecule has 50 heavy (non-hydrogen) atoms. The summed E-state index contributed by atoms with van der Waals surface area (Å²) in [6.45, 7) is 9.73. The highest BCUT2D eigenvalue weighted by Gasteiger charge is 2.91. The molecular weight excluding hydrogens is 660 g/mol. The zero-order valence-electron chi connectivity index (χ0n) is 29.3. The van der Waals surface area contributed by atoms with Crippen molar-refractivity contribution in [3.05, 3.63) is 24.2 Å². The number of rotatable bonds is 7. The van der Waals surface area contributed by atoms with Crippen molar-refractivity contribution in [2.75, 3.05) is 7.11 Å². The van der Waals surface area contributed by atoms with Gasteiger partial charge in [0.15, 0.2) is 6.10 Å². The first-order valence-corrected chi connectivity index (χ1v) is 16.7. The number of furan rings is 1. The minimum Gasteiger partial charge on any atom is -0.472 e. The quantitative estimate of drug-likeness (QED) is 0.307. The summed E-state index contributed by atoms with van der Waals surface area (Å²) in [7, 11) is 1.10. The summed E-state index contributed by atoms with van der Waals surface area (Å²) in [5.41, 5.74) is -7.89. The monoisotopic (exact) mass is 704 g/mol. The summed E-state index contributed by atoms with van der Waals surface area (Å²) >= 11 is 0. The van der Waals surface area contributed by atoms with E-state index in [1.54, 1.807) is 26.8 Å². The van der Waals surface area contributed by atoms with Crippen LogP contribution >= 0.6 is 0 Å². The molecule has 274 valence electrons. The van der Waals surface area contributed by atoms with Gasteiger partial charge >= 0.3 is 35.8 Å². The molecule has 5 fully saturated rings. The third-order valence-electron chi connectivity index (χ3n) is 13.0.